The van der Waals surface area contributed by atoms with Gasteiger partial charge in [0.1, 0.15) is 24.1 Å². The molecule has 1 atom stereocenters. The molecule has 10 nitrogen and oxygen atoms in total. The average Bonchev–Trinajstić information content (AvgIpc) is 2.90. The molecular formula is C29H34N4O6S. The normalized spacial score (nSPS) is 11.7. The zero-order chi connectivity index (χ0) is 29.1. The summed E-state index contributed by atoms with van der Waals surface area (Å²) in [7, 11) is 0. The minimum absolute atomic E-state index is 0.0335. The summed E-state index contributed by atoms with van der Waals surface area (Å²) in [4.78, 5) is 24.8. The van der Waals surface area contributed by atoms with Crippen LogP contribution in [0.2, 0.25) is 0 Å². The molecule has 0 bridgehead atoms. The van der Waals surface area contributed by atoms with Gasteiger partial charge >= 0.3 is 6.09 Å². The van der Waals surface area contributed by atoms with E-state index in [4.69, 9.17) is 21.7 Å². The predicted molar refractivity (Wildman–Crippen MR) is 159 cm³/mol. The van der Waals surface area contributed by atoms with Crippen molar-refractivity contribution in [2.45, 2.75) is 38.9 Å². The van der Waals surface area contributed by atoms with Crippen LogP contribution in [0.4, 0.5) is 21.9 Å². The number of carbonyl (C=O) groups is 1. The highest BCUT2D eigenvalue weighted by molar-refractivity contribution is 7.80. The second-order valence-corrected chi connectivity index (χ2v) is 10.4. The van der Waals surface area contributed by atoms with Gasteiger partial charge in [-0.25, -0.2) is 4.79 Å². The van der Waals surface area contributed by atoms with Crippen molar-refractivity contribution in [1.29, 1.82) is 0 Å². The molecular weight excluding hydrogens is 532 g/mol. The molecule has 3 aromatic rings. The van der Waals surface area contributed by atoms with Crippen molar-refractivity contribution in [3.8, 4) is 5.75 Å². The average molecular weight is 567 g/mol. The van der Waals surface area contributed by atoms with Gasteiger partial charge in [-0.2, -0.15) is 0 Å². The van der Waals surface area contributed by atoms with Gasteiger partial charge in [-0.3, -0.25) is 10.1 Å². The van der Waals surface area contributed by atoms with E-state index in [2.05, 4.69) is 10.6 Å². The second kappa shape index (κ2) is 14.2. The smallest absolute Gasteiger partial charge is 0.410 e. The highest BCUT2D eigenvalue weighted by Crippen LogP contribution is 2.18. The molecule has 0 spiro atoms. The van der Waals surface area contributed by atoms with Crippen LogP contribution < -0.4 is 15.4 Å². The zero-order valence-electron chi connectivity index (χ0n) is 22.7. The van der Waals surface area contributed by atoms with Crippen LogP contribution in [0.25, 0.3) is 0 Å². The van der Waals surface area contributed by atoms with E-state index in [-0.39, 0.29) is 24.0 Å². The summed E-state index contributed by atoms with van der Waals surface area (Å²) in [6, 6.07) is 22.7. The van der Waals surface area contributed by atoms with Crippen molar-refractivity contribution in [3.63, 3.8) is 0 Å². The van der Waals surface area contributed by atoms with E-state index in [1.807, 2.05) is 42.5 Å². The van der Waals surface area contributed by atoms with E-state index in [1.165, 1.54) is 17.0 Å². The summed E-state index contributed by atoms with van der Waals surface area (Å²) in [6.07, 6.45) is -0.886. The highest BCUT2D eigenvalue weighted by Gasteiger charge is 2.24. The van der Waals surface area contributed by atoms with E-state index in [9.17, 15) is 20.0 Å². The van der Waals surface area contributed by atoms with Crippen LogP contribution in [-0.4, -0.2) is 57.5 Å². The maximum absolute atomic E-state index is 12.9. The lowest BCUT2D eigenvalue weighted by Gasteiger charge is -2.29. The fourth-order valence-corrected chi connectivity index (χ4v) is 3.85. The molecule has 1 amide bonds. The van der Waals surface area contributed by atoms with E-state index >= 15 is 0 Å². The Balaban J connectivity index is 1.55. The number of rotatable bonds is 11. The lowest BCUT2D eigenvalue weighted by molar-refractivity contribution is -0.384. The number of amides is 1. The molecule has 212 valence electrons. The molecule has 11 heteroatoms. The van der Waals surface area contributed by atoms with Gasteiger partial charge in [0, 0.05) is 30.1 Å². The lowest BCUT2D eigenvalue weighted by atomic mass is 10.1. The Bertz CT molecular complexity index is 1280. The summed E-state index contributed by atoms with van der Waals surface area (Å²) in [5.74, 6) is 0.638. The minimum atomic E-state index is -0.904. The molecule has 0 saturated heterocycles. The van der Waals surface area contributed by atoms with Gasteiger partial charge in [0.15, 0.2) is 5.11 Å². The lowest BCUT2D eigenvalue weighted by Crippen LogP contribution is -2.43. The number of nitro benzene ring substituents is 1. The fourth-order valence-electron chi connectivity index (χ4n) is 3.61. The Morgan fingerprint density at radius 1 is 1.02 bits per heavy atom. The van der Waals surface area contributed by atoms with Crippen LogP contribution in [-0.2, 0) is 11.2 Å². The third kappa shape index (κ3) is 10.5. The van der Waals surface area contributed by atoms with E-state index in [0.29, 0.717) is 24.4 Å². The first kappa shape index (κ1) is 30.3. The van der Waals surface area contributed by atoms with Crippen LogP contribution in [0.3, 0.4) is 0 Å². The number of para-hydroxylation sites is 1. The Morgan fingerprint density at radius 3 is 2.35 bits per heavy atom. The Labute approximate surface area is 239 Å². The van der Waals surface area contributed by atoms with Crippen LogP contribution in [0.15, 0.2) is 78.9 Å². The van der Waals surface area contributed by atoms with Gasteiger partial charge in [-0.15, -0.1) is 0 Å². The van der Waals surface area contributed by atoms with Crippen molar-refractivity contribution in [2.24, 2.45) is 0 Å². The molecule has 0 fully saturated rings. The Kier molecular flexibility index (Phi) is 10.8. The molecule has 3 N–H and O–H groups in total. The molecule has 0 unspecified atom stereocenters. The van der Waals surface area contributed by atoms with Crippen molar-refractivity contribution in [1.82, 2.24) is 4.90 Å². The molecule has 0 aliphatic rings. The monoisotopic (exact) mass is 566 g/mol. The number of nitrogens with one attached hydrogen (secondary N) is 2. The van der Waals surface area contributed by atoms with E-state index < -0.39 is 22.7 Å². The number of aliphatic hydroxyl groups is 1. The first-order valence-corrected chi connectivity index (χ1v) is 13.1. The zero-order valence-corrected chi connectivity index (χ0v) is 23.5. The third-order valence-electron chi connectivity index (χ3n) is 5.47. The van der Waals surface area contributed by atoms with E-state index in [1.54, 1.807) is 45.0 Å². The van der Waals surface area contributed by atoms with Crippen molar-refractivity contribution >= 4 is 40.5 Å². The number of non-ortho nitro benzene ring substituents is 1. The minimum Gasteiger partial charge on any atom is -0.491 e. The SMILES string of the molecule is CC(C)(C)OC(=O)N(CCc1ccc(NC(=S)Nc2cccc([N+](=O)[O-])c2)cc1)C[C@H](O)COc1ccccc1. The molecule has 3 aromatic carbocycles. The van der Waals surface area contributed by atoms with Gasteiger partial charge < -0.3 is 30.1 Å². The number of hydrogen-bond donors (Lipinski definition) is 3. The number of aliphatic hydroxyl groups excluding tert-OH is 1. The van der Waals surface area contributed by atoms with Gasteiger partial charge in [-0.1, -0.05) is 36.4 Å². The first-order valence-electron chi connectivity index (χ1n) is 12.7. The number of nitrogens with zero attached hydrogens (tertiary/aromatic N) is 2. The fraction of sp³-hybridized carbons (Fsp3) is 0.310. The summed E-state index contributed by atoms with van der Waals surface area (Å²) in [5, 5.41) is 27.8. The van der Waals surface area contributed by atoms with Crippen LogP contribution in [0.1, 0.15) is 26.3 Å². The molecule has 3 rings (SSSR count). The molecule has 0 heterocycles. The first-order chi connectivity index (χ1) is 19.0. The molecule has 0 saturated carbocycles. The Hall–Kier alpha value is -4.22. The number of thiocarbonyl (C=S) groups is 1. The molecule has 0 aromatic heterocycles. The van der Waals surface area contributed by atoms with Crippen LogP contribution in [0, 0.1) is 10.1 Å². The van der Waals surface area contributed by atoms with Crippen LogP contribution >= 0.6 is 12.2 Å². The van der Waals surface area contributed by atoms with E-state index in [0.717, 1.165) is 11.3 Å². The maximum Gasteiger partial charge on any atom is 0.410 e. The highest BCUT2D eigenvalue weighted by atomic mass is 32.1. The number of benzene rings is 3. The number of hydrogen-bond acceptors (Lipinski definition) is 7. The largest absolute Gasteiger partial charge is 0.491 e. The summed E-state index contributed by atoms with van der Waals surface area (Å²) >= 11 is 5.33. The number of carbonyl (C=O) groups excluding carboxylic acids is 1. The third-order valence-corrected chi connectivity index (χ3v) is 5.67. The quantitative estimate of drug-likeness (QED) is 0.154. The number of anilines is 2. The molecule has 40 heavy (non-hydrogen) atoms. The number of nitro groups is 1. The van der Waals surface area contributed by atoms with Gasteiger partial charge in [-0.05, 0) is 75.3 Å². The summed E-state index contributed by atoms with van der Waals surface area (Å²) in [6.45, 7) is 5.80. The van der Waals surface area contributed by atoms with Gasteiger partial charge in [0.25, 0.3) is 5.69 Å². The standard InChI is InChI=1S/C29H34N4O6S/c1-29(2,3)39-28(35)32(19-25(34)20-38-26-10-5-4-6-11-26)17-16-21-12-14-22(15-13-21)30-27(40)31-23-8-7-9-24(18-23)33(36)37/h4-15,18,25,34H,16-17,19-20H2,1-3H3,(H2,30,31,40)/t25-/m0/s1. The molecule has 0 aliphatic carbocycles. The topological polar surface area (TPSA) is 126 Å². The van der Waals surface area contributed by atoms with Crippen LogP contribution in [0.5, 0.6) is 5.75 Å². The van der Waals surface area contributed by atoms with Gasteiger partial charge in [0.05, 0.1) is 11.5 Å². The number of ether oxygens (including phenoxy) is 2. The van der Waals surface area contributed by atoms with Crippen molar-refractivity contribution in [3.05, 3.63) is 94.5 Å². The Morgan fingerprint density at radius 2 is 1.70 bits per heavy atom. The van der Waals surface area contributed by atoms with Gasteiger partial charge in [0.2, 0.25) is 0 Å². The second-order valence-electron chi connectivity index (χ2n) is 10.0. The summed E-state index contributed by atoms with van der Waals surface area (Å²) < 4.78 is 11.2. The van der Waals surface area contributed by atoms with Crippen molar-refractivity contribution in [2.75, 3.05) is 30.3 Å². The molecule has 0 aliphatic heterocycles. The van der Waals surface area contributed by atoms with Crippen molar-refractivity contribution < 1.29 is 24.3 Å². The summed E-state index contributed by atoms with van der Waals surface area (Å²) in [5.41, 5.74) is 1.48. The molecule has 0 radical (unpaired) electrons. The maximum atomic E-state index is 12.9. The predicted octanol–water partition coefficient (Wildman–Crippen LogP) is 5.62.